The van der Waals surface area contributed by atoms with Gasteiger partial charge in [0.05, 0.1) is 11.4 Å². The van der Waals surface area contributed by atoms with E-state index in [2.05, 4.69) is 13.8 Å². The largest absolute Gasteiger partial charge is 0.393 e. The van der Waals surface area contributed by atoms with Crippen molar-refractivity contribution >= 4 is 10.1 Å². The van der Waals surface area contributed by atoms with Gasteiger partial charge in [0.2, 0.25) is 0 Å². The van der Waals surface area contributed by atoms with Crippen LogP contribution in [-0.4, -0.2) is 29.4 Å². The summed E-state index contributed by atoms with van der Waals surface area (Å²) in [5, 5.41) is 9.13. The molecule has 0 amide bonds. The molecule has 0 aliphatic heterocycles. The molecule has 2 N–H and O–H groups in total. The predicted molar refractivity (Wildman–Crippen MR) is 120 cm³/mol. The maximum atomic E-state index is 11.6. The van der Waals surface area contributed by atoms with Gasteiger partial charge in [-0.15, -0.1) is 0 Å². The molecule has 0 aromatic carbocycles. The van der Waals surface area contributed by atoms with E-state index in [-0.39, 0.29) is 6.10 Å². The van der Waals surface area contributed by atoms with Crippen LogP contribution < -0.4 is 0 Å². The van der Waals surface area contributed by atoms with E-state index in [9.17, 15) is 18.1 Å². The van der Waals surface area contributed by atoms with Gasteiger partial charge >= 0.3 is 0 Å². The number of aliphatic hydroxyl groups excluding tert-OH is 1. The molecule has 0 heterocycles. The summed E-state index contributed by atoms with van der Waals surface area (Å²) in [7, 11) is -3.91. The molecule has 28 heavy (non-hydrogen) atoms. The van der Waals surface area contributed by atoms with Crippen LogP contribution in [0.5, 0.6) is 0 Å². The zero-order valence-electron chi connectivity index (χ0n) is 18.7. The Morgan fingerprint density at radius 3 is 1.36 bits per heavy atom. The number of unbranched alkanes of at least 4 members (excludes halogenated alkanes) is 12. The first kappa shape index (κ1) is 27.9. The fourth-order valence-electron chi connectivity index (χ4n) is 3.88. The summed E-state index contributed by atoms with van der Waals surface area (Å²) in [6.07, 6.45) is 19.8. The molecule has 4 nitrogen and oxygen atoms in total. The minimum atomic E-state index is -3.91. The maximum Gasteiger partial charge on any atom is 0.267 e. The van der Waals surface area contributed by atoms with E-state index in [1.54, 1.807) is 0 Å². The highest BCUT2D eigenvalue weighted by atomic mass is 32.2. The monoisotopic (exact) mass is 420 g/mol. The Bertz CT molecular complexity index is 422. The van der Waals surface area contributed by atoms with E-state index in [0.717, 1.165) is 57.8 Å². The third-order valence-corrected chi connectivity index (χ3v) is 7.05. The van der Waals surface area contributed by atoms with E-state index in [1.807, 2.05) is 0 Å². The second-order valence-corrected chi connectivity index (χ2v) is 10.2. The van der Waals surface area contributed by atoms with Gasteiger partial charge in [0.25, 0.3) is 10.1 Å². The Kier molecular flexibility index (Phi) is 18.8. The van der Waals surface area contributed by atoms with Crippen LogP contribution in [0.4, 0.5) is 0 Å². The fraction of sp³-hybridized carbons (Fsp3) is 1.00. The van der Waals surface area contributed by atoms with Crippen LogP contribution in [-0.2, 0) is 10.1 Å². The van der Waals surface area contributed by atoms with Gasteiger partial charge in [0.1, 0.15) is 0 Å². The molecule has 170 valence electrons. The summed E-state index contributed by atoms with van der Waals surface area (Å²) in [5.41, 5.74) is 0. The summed E-state index contributed by atoms with van der Waals surface area (Å²) >= 11 is 0. The average Bonchev–Trinajstić information content (AvgIpc) is 2.63. The molecule has 2 unspecified atom stereocenters. The topological polar surface area (TPSA) is 74.6 Å². The summed E-state index contributed by atoms with van der Waals surface area (Å²) in [6.45, 7) is 4.31. The van der Waals surface area contributed by atoms with Crippen LogP contribution in [0.15, 0.2) is 0 Å². The molecular weight excluding hydrogens is 372 g/mol. The van der Waals surface area contributed by atoms with E-state index >= 15 is 0 Å². The highest BCUT2D eigenvalue weighted by molar-refractivity contribution is 7.86. The van der Waals surface area contributed by atoms with E-state index in [4.69, 9.17) is 0 Å². The first-order valence-corrected chi connectivity index (χ1v) is 13.6. The Morgan fingerprint density at radius 2 is 0.964 bits per heavy atom. The molecule has 0 saturated heterocycles. The minimum absolute atomic E-state index is 0.126. The van der Waals surface area contributed by atoms with Gasteiger partial charge in [0.15, 0.2) is 0 Å². The van der Waals surface area contributed by atoms with Crippen LogP contribution in [0.25, 0.3) is 0 Å². The lowest BCUT2D eigenvalue weighted by Crippen LogP contribution is -2.20. The smallest absolute Gasteiger partial charge is 0.267 e. The summed E-state index contributed by atoms with van der Waals surface area (Å²) in [6, 6.07) is 0. The quantitative estimate of drug-likeness (QED) is 0.154. The Hall–Kier alpha value is -0.130. The van der Waals surface area contributed by atoms with Crippen molar-refractivity contribution in [2.45, 2.75) is 147 Å². The minimum Gasteiger partial charge on any atom is -0.393 e. The SMILES string of the molecule is CCCCCCCCCC(CCCCCCCCCC(O)CCC)S(=O)(=O)O. The maximum absolute atomic E-state index is 11.6. The average molecular weight is 421 g/mol. The lowest BCUT2D eigenvalue weighted by atomic mass is 10.0. The van der Waals surface area contributed by atoms with Crippen molar-refractivity contribution in [3.8, 4) is 0 Å². The van der Waals surface area contributed by atoms with E-state index in [0.29, 0.717) is 12.8 Å². The molecule has 0 radical (unpaired) electrons. The first-order chi connectivity index (χ1) is 13.4. The zero-order valence-corrected chi connectivity index (χ0v) is 19.5. The molecular formula is C23H48O4S. The number of aliphatic hydroxyl groups is 1. The predicted octanol–water partition coefficient (Wildman–Crippen LogP) is 7.06. The molecule has 0 aromatic heterocycles. The molecule has 0 bridgehead atoms. The Labute approximate surface area is 175 Å². The normalized spacial score (nSPS) is 14.3. The van der Waals surface area contributed by atoms with Crippen molar-refractivity contribution in [2.75, 3.05) is 0 Å². The third kappa shape index (κ3) is 17.9. The van der Waals surface area contributed by atoms with Crippen molar-refractivity contribution in [1.82, 2.24) is 0 Å². The van der Waals surface area contributed by atoms with E-state index in [1.165, 1.54) is 51.4 Å². The van der Waals surface area contributed by atoms with Gasteiger partial charge in [-0.3, -0.25) is 4.55 Å². The number of hydrogen-bond acceptors (Lipinski definition) is 3. The molecule has 0 aromatic rings. The van der Waals surface area contributed by atoms with Crippen LogP contribution >= 0.6 is 0 Å². The summed E-state index contributed by atoms with van der Waals surface area (Å²) < 4.78 is 32.7. The van der Waals surface area contributed by atoms with Crippen molar-refractivity contribution in [3.63, 3.8) is 0 Å². The molecule has 2 atom stereocenters. The van der Waals surface area contributed by atoms with Crippen LogP contribution in [0.2, 0.25) is 0 Å². The zero-order chi connectivity index (χ0) is 21.1. The van der Waals surface area contributed by atoms with Gasteiger partial charge in [0, 0.05) is 0 Å². The van der Waals surface area contributed by atoms with Crippen molar-refractivity contribution in [1.29, 1.82) is 0 Å². The van der Waals surface area contributed by atoms with Crippen LogP contribution in [0.1, 0.15) is 136 Å². The highest BCUT2D eigenvalue weighted by Crippen LogP contribution is 2.19. The van der Waals surface area contributed by atoms with Crippen molar-refractivity contribution < 1.29 is 18.1 Å². The highest BCUT2D eigenvalue weighted by Gasteiger charge is 2.21. The molecule has 0 aliphatic rings. The second kappa shape index (κ2) is 18.9. The second-order valence-electron chi connectivity index (χ2n) is 8.54. The Balaban J connectivity index is 3.68. The summed E-state index contributed by atoms with van der Waals surface area (Å²) in [4.78, 5) is 0. The number of hydrogen-bond donors (Lipinski definition) is 2. The fourth-order valence-corrected chi connectivity index (χ4v) is 4.81. The molecule has 0 saturated carbocycles. The summed E-state index contributed by atoms with van der Waals surface area (Å²) in [5.74, 6) is 0. The van der Waals surface area contributed by atoms with Gasteiger partial charge in [-0.2, -0.15) is 8.42 Å². The van der Waals surface area contributed by atoms with Crippen LogP contribution in [0, 0.1) is 0 Å². The van der Waals surface area contributed by atoms with Crippen molar-refractivity contribution in [2.24, 2.45) is 0 Å². The van der Waals surface area contributed by atoms with Crippen molar-refractivity contribution in [3.05, 3.63) is 0 Å². The molecule has 0 rings (SSSR count). The van der Waals surface area contributed by atoms with E-state index < -0.39 is 15.4 Å². The van der Waals surface area contributed by atoms with Gasteiger partial charge in [-0.05, 0) is 25.7 Å². The third-order valence-electron chi connectivity index (χ3n) is 5.74. The van der Waals surface area contributed by atoms with Gasteiger partial charge in [-0.25, -0.2) is 0 Å². The molecule has 0 fully saturated rings. The first-order valence-electron chi connectivity index (χ1n) is 12.1. The lowest BCUT2D eigenvalue weighted by Gasteiger charge is -2.13. The van der Waals surface area contributed by atoms with Gasteiger partial charge in [-0.1, -0.05) is 110 Å². The molecule has 0 aliphatic carbocycles. The van der Waals surface area contributed by atoms with Gasteiger partial charge < -0.3 is 5.11 Å². The number of rotatable bonds is 21. The van der Waals surface area contributed by atoms with Crippen LogP contribution in [0.3, 0.4) is 0 Å². The lowest BCUT2D eigenvalue weighted by molar-refractivity contribution is 0.150. The molecule has 5 heteroatoms. The standard InChI is InChI=1S/C23H48O4S/c1-3-5-6-7-9-13-16-20-23(28(25,26)27)21-17-14-11-8-10-12-15-19-22(24)18-4-2/h22-24H,3-21H2,1-2H3,(H,25,26,27). The molecule has 0 spiro atoms. The Morgan fingerprint density at radius 1 is 0.571 bits per heavy atom.